The van der Waals surface area contributed by atoms with Gasteiger partial charge >= 0.3 is 0 Å². The van der Waals surface area contributed by atoms with Gasteiger partial charge in [0.2, 0.25) is 0 Å². The smallest absolute Gasteiger partial charge is 0.164 e. The zero-order chi connectivity index (χ0) is 27.2. The average molecular weight is 528 g/mol. The molecule has 0 atom stereocenters. The van der Waals surface area contributed by atoms with Crippen LogP contribution >= 0.6 is 0 Å². The molecule has 0 unspecified atom stereocenters. The van der Waals surface area contributed by atoms with Gasteiger partial charge in [0.15, 0.2) is 17.5 Å². The Labute approximate surface area is 237 Å². The Bertz CT molecular complexity index is 2200. The van der Waals surface area contributed by atoms with Crippen LogP contribution in [0.15, 0.2) is 126 Å². The van der Waals surface area contributed by atoms with Gasteiger partial charge in [-0.2, -0.15) is 0 Å². The zero-order valence-corrected chi connectivity index (χ0v) is 22.3. The van der Waals surface area contributed by atoms with Crippen LogP contribution in [0.4, 0.5) is 0 Å². The van der Waals surface area contributed by atoms with Crippen LogP contribution < -0.4 is 10.6 Å². The summed E-state index contributed by atoms with van der Waals surface area (Å²) >= 11 is 0. The summed E-state index contributed by atoms with van der Waals surface area (Å²) in [6, 6.07) is 41.8. The van der Waals surface area contributed by atoms with Crippen LogP contribution in [-0.2, 0) is 0 Å². The molecule has 0 spiro atoms. The predicted octanol–water partition coefficient (Wildman–Crippen LogP) is 7.55. The van der Waals surface area contributed by atoms with Gasteiger partial charge in [0.1, 0.15) is 11.0 Å². The van der Waals surface area contributed by atoms with Crippen LogP contribution in [0.5, 0.6) is 0 Å². The van der Waals surface area contributed by atoms with E-state index in [2.05, 4.69) is 84.9 Å². The molecule has 0 saturated heterocycles. The molecule has 0 N–H and O–H groups in total. The first-order valence-electron chi connectivity index (χ1n) is 13.9. The summed E-state index contributed by atoms with van der Waals surface area (Å²) in [4.78, 5) is 15.0. The molecule has 0 amide bonds. The van der Waals surface area contributed by atoms with E-state index in [4.69, 9.17) is 19.4 Å². The van der Waals surface area contributed by atoms with E-state index in [9.17, 15) is 0 Å². The summed E-state index contributed by atoms with van der Waals surface area (Å²) in [6.45, 7) is 0. The molecule has 5 aromatic carbocycles. The zero-order valence-electron chi connectivity index (χ0n) is 22.3. The molecule has 194 valence electrons. The van der Waals surface area contributed by atoms with E-state index in [0.717, 1.165) is 56.7 Å². The minimum absolute atomic E-state index is 0.652. The van der Waals surface area contributed by atoms with Crippen LogP contribution in [0.2, 0.25) is 0 Å². The van der Waals surface area contributed by atoms with Gasteiger partial charge in [-0.15, -0.1) is 0 Å². The van der Waals surface area contributed by atoms with Crippen molar-refractivity contribution in [3.05, 3.63) is 138 Å². The number of fused-ring (bicyclic) bond motifs is 4. The van der Waals surface area contributed by atoms with Crippen molar-refractivity contribution in [2.24, 2.45) is 0 Å². The maximum atomic E-state index is 6.38. The summed E-state index contributed by atoms with van der Waals surface area (Å²) in [5.41, 5.74) is 7.01. The monoisotopic (exact) mass is 527 g/mol. The van der Waals surface area contributed by atoms with E-state index in [0.29, 0.717) is 17.5 Å². The number of rotatable bonds is 4. The van der Waals surface area contributed by atoms with E-state index in [1.54, 1.807) is 0 Å². The number of benzene rings is 5. The summed E-state index contributed by atoms with van der Waals surface area (Å²) in [7, 11) is 0. The van der Waals surface area contributed by atoms with Crippen LogP contribution in [0.1, 0.15) is 18.7 Å². The molecule has 8 rings (SSSR count). The van der Waals surface area contributed by atoms with Crippen LogP contribution in [-0.4, -0.2) is 15.0 Å². The van der Waals surface area contributed by atoms with E-state index >= 15 is 0 Å². The lowest BCUT2D eigenvalue weighted by molar-refractivity contribution is 0.567. The largest absolute Gasteiger partial charge is 0.456 e. The van der Waals surface area contributed by atoms with Gasteiger partial charge in [-0.3, -0.25) is 0 Å². The highest BCUT2D eigenvalue weighted by Crippen LogP contribution is 2.29. The molecular weight excluding hydrogens is 502 g/mol. The Morgan fingerprint density at radius 3 is 1.98 bits per heavy atom. The lowest BCUT2D eigenvalue weighted by Crippen LogP contribution is -2.27. The summed E-state index contributed by atoms with van der Waals surface area (Å²) in [6.07, 6.45) is 3.98. The molecule has 4 heteroatoms. The molecule has 4 nitrogen and oxygen atoms in total. The topological polar surface area (TPSA) is 51.8 Å². The Morgan fingerprint density at radius 2 is 1.15 bits per heavy atom. The van der Waals surface area contributed by atoms with E-state index in [1.165, 1.54) is 16.3 Å². The van der Waals surface area contributed by atoms with Crippen LogP contribution in [0, 0.1) is 0 Å². The third-order valence-corrected chi connectivity index (χ3v) is 7.81. The van der Waals surface area contributed by atoms with Crippen molar-refractivity contribution in [3.63, 3.8) is 0 Å². The Morgan fingerprint density at radius 1 is 0.512 bits per heavy atom. The van der Waals surface area contributed by atoms with Gasteiger partial charge in [0, 0.05) is 27.3 Å². The molecule has 0 fully saturated rings. The SMILES string of the molecule is C1=c2c(oc3ccccc23)=C(c2nc(-c3ccccc3)nc(-c3ccc(-c4ccc5ccccc5c4)cc3)n2)CC1. The van der Waals surface area contributed by atoms with Crippen LogP contribution in [0.25, 0.3) is 67.3 Å². The maximum Gasteiger partial charge on any atom is 0.164 e. The molecule has 0 saturated carbocycles. The highest BCUT2D eigenvalue weighted by Gasteiger charge is 2.19. The normalized spacial score (nSPS) is 12.8. The number of para-hydroxylation sites is 1. The van der Waals surface area contributed by atoms with Gasteiger partial charge < -0.3 is 4.42 Å². The number of nitrogens with zero attached hydrogens (tertiary/aromatic N) is 3. The molecule has 1 aliphatic carbocycles. The fraction of sp³-hybridized carbons (Fsp3) is 0.0541. The molecule has 7 aromatic rings. The van der Waals surface area contributed by atoms with Gasteiger partial charge in [-0.25, -0.2) is 15.0 Å². The third kappa shape index (κ3) is 4.21. The van der Waals surface area contributed by atoms with Crippen molar-refractivity contribution in [3.8, 4) is 33.9 Å². The number of hydrogen-bond donors (Lipinski definition) is 0. The van der Waals surface area contributed by atoms with E-state index in [1.807, 2.05) is 42.5 Å². The minimum Gasteiger partial charge on any atom is -0.456 e. The second-order valence-corrected chi connectivity index (χ2v) is 10.4. The van der Waals surface area contributed by atoms with Crippen molar-refractivity contribution in [1.29, 1.82) is 0 Å². The van der Waals surface area contributed by atoms with Gasteiger partial charge in [-0.05, 0) is 46.9 Å². The molecular formula is C37H25N3O. The second kappa shape index (κ2) is 9.68. The standard InChI is InChI=1S/C37H25N3O/c1-2-10-26(11-3-1)35-38-36(27-20-17-25(18-21-27)29-22-19-24-9-4-5-12-28(24)23-29)40-37(39-35)32-15-8-14-31-30-13-6-7-16-33(30)41-34(31)32/h1-7,9-14,16-23H,8,15H2. The first-order valence-corrected chi connectivity index (χ1v) is 13.9. The highest BCUT2D eigenvalue weighted by atomic mass is 16.3. The lowest BCUT2D eigenvalue weighted by Gasteiger charge is -2.11. The van der Waals surface area contributed by atoms with Crippen molar-refractivity contribution in [2.75, 3.05) is 0 Å². The molecule has 0 bridgehead atoms. The molecule has 1 aliphatic rings. The predicted molar refractivity (Wildman–Crippen MR) is 165 cm³/mol. The first-order chi connectivity index (χ1) is 20.3. The second-order valence-electron chi connectivity index (χ2n) is 10.4. The maximum absolute atomic E-state index is 6.38. The van der Waals surface area contributed by atoms with E-state index in [-0.39, 0.29) is 0 Å². The summed E-state index contributed by atoms with van der Waals surface area (Å²) < 4.78 is 6.38. The summed E-state index contributed by atoms with van der Waals surface area (Å²) in [5, 5.41) is 4.73. The summed E-state index contributed by atoms with van der Waals surface area (Å²) in [5.74, 6) is 1.98. The number of hydrogen-bond acceptors (Lipinski definition) is 4. The molecule has 2 aromatic heterocycles. The van der Waals surface area contributed by atoms with Crippen LogP contribution in [0.3, 0.4) is 0 Å². The molecule has 2 heterocycles. The quantitative estimate of drug-likeness (QED) is 0.237. The number of aromatic nitrogens is 3. The first kappa shape index (κ1) is 23.5. The number of furan rings is 1. The molecule has 41 heavy (non-hydrogen) atoms. The Kier molecular flexibility index (Phi) is 5.56. The highest BCUT2D eigenvalue weighted by molar-refractivity contribution is 5.87. The molecule has 0 radical (unpaired) electrons. The minimum atomic E-state index is 0.652. The van der Waals surface area contributed by atoms with E-state index < -0.39 is 0 Å². The lowest BCUT2D eigenvalue weighted by atomic mass is 10.00. The fourth-order valence-electron chi connectivity index (χ4n) is 5.72. The third-order valence-electron chi connectivity index (χ3n) is 7.81. The van der Waals surface area contributed by atoms with Crippen molar-refractivity contribution < 1.29 is 4.42 Å². The van der Waals surface area contributed by atoms with Crippen molar-refractivity contribution >= 4 is 33.4 Å². The Balaban J connectivity index is 1.27. The van der Waals surface area contributed by atoms with Crippen molar-refractivity contribution in [2.45, 2.75) is 12.8 Å². The van der Waals surface area contributed by atoms with Gasteiger partial charge in [0.05, 0.1) is 0 Å². The van der Waals surface area contributed by atoms with Gasteiger partial charge in [0.25, 0.3) is 0 Å². The fourth-order valence-corrected chi connectivity index (χ4v) is 5.72. The average Bonchev–Trinajstić information content (AvgIpc) is 3.44. The Hall–Kier alpha value is -5.35. The van der Waals surface area contributed by atoms with Gasteiger partial charge in [-0.1, -0.05) is 115 Å². The molecule has 0 aliphatic heterocycles. The van der Waals surface area contributed by atoms with Crippen molar-refractivity contribution in [1.82, 2.24) is 15.0 Å².